The Kier molecular flexibility index (Phi) is 4.79. The Bertz CT molecular complexity index is 455. The van der Waals surface area contributed by atoms with Crippen LogP contribution in [0.3, 0.4) is 0 Å². The molecule has 0 saturated heterocycles. The topological polar surface area (TPSA) is 98.5 Å². The summed E-state index contributed by atoms with van der Waals surface area (Å²) in [6.45, 7) is 0.256. The van der Waals surface area contributed by atoms with Gasteiger partial charge < -0.3 is 10.1 Å². The van der Waals surface area contributed by atoms with Gasteiger partial charge in [0.15, 0.2) is 0 Å². The molecule has 96 valence electrons. The third kappa shape index (κ3) is 3.85. The van der Waals surface area contributed by atoms with E-state index in [4.69, 9.17) is 0 Å². The van der Waals surface area contributed by atoms with Crippen LogP contribution in [0.1, 0.15) is 5.56 Å². The van der Waals surface area contributed by atoms with E-state index in [1.54, 1.807) is 12.1 Å². The number of non-ortho nitro benzene ring substituents is 1. The van der Waals surface area contributed by atoms with Crippen molar-refractivity contribution < 1.29 is 19.2 Å². The predicted octanol–water partition coefficient (Wildman–Crippen LogP) is 0.426. The van der Waals surface area contributed by atoms with Crippen molar-refractivity contribution in [2.45, 2.75) is 6.42 Å². The van der Waals surface area contributed by atoms with E-state index < -0.39 is 16.8 Å². The van der Waals surface area contributed by atoms with E-state index in [-0.39, 0.29) is 12.2 Å². The summed E-state index contributed by atoms with van der Waals surface area (Å²) in [5.41, 5.74) is 0.836. The number of carbonyl (C=O) groups excluding carboxylic acids is 2. The Morgan fingerprint density at radius 2 is 1.94 bits per heavy atom. The maximum Gasteiger partial charge on any atom is 0.396 e. The van der Waals surface area contributed by atoms with Crippen LogP contribution in [0.2, 0.25) is 0 Å². The molecule has 0 radical (unpaired) electrons. The number of nitrogens with one attached hydrogen (secondary N) is 1. The van der Waals surface area contributed by atoms with Crippen LogP contribution < -0.4 is 5.32 Å². The Hall–Kier alpha value is -2.44. The molecule has 1 aromatic rings. The van der Waals surface area contributed by atoms with Crippen molar-refractivity contribution >= 4 is 17.6 Å². The normalized spacial score (nSPS) is 9.61. The molecule has 7 heteroatoms. The number of nitrogens with zero attached hydrogens (tertiary/aromatic N) is 1. The van der Waals surface area contributed by atoms with E-state index in [1.807, 2.05) is 0 Å². The lowest BCUT2D eigenvalue weighted by molar-refractivity contribution is -0.384. The molecule has 0 heterocycles. The number of hydrogen-bond donors (Lipinski definition) is 1. The number of amides is 1. The van der Waals surface area contributed by atoms with Crippen LogP contribution in [-0.4, -0.2) is 30.5 Å². The van der Waals surface area contributed by atoms with Gasteiger partial charge in [0.2, 0.25) is 0 Å². The highest BCUT2D eigenvalue weighted by molar-refractivity contribution is 6.32. The summed E-state index contributed by atoms with van der Waals surface area (Å²) < 4.78 is 4.23. The highest BCUT2D eigenvalue weighted by Crippen LogP contribution is 2.11. The lowest BCUT2D eigenvalue weighted by atomic mass is 10.1. The van der Waals surface area contributed by atoms with Gasteiger partial charge in [-0.05, 0) is 12.0 Å². The van der Waals surface area contributed by atoms with Gasteiger partial charge in [0, 0.05) is 18.7 Å². The minimum atomic E-state index is -0.946. The van der Waals surface area contributed by atoms with Crippen molar-refractivity contribution in [3.05, 3.63) is 39.9 Å². The molecule has 1 rings (SSSR count). The maximum absolute atomic E-state index is 11.0. The number of nitro benzene ring substituents is 1. The van der Waals surface area contributed by atoms with E-state index in [1.165, 1.54) is 12.1 Å². The number of ether oxygens (including phenoxy) is 1. The third-order valence-corrected chi connectivity index (χ3v) is 2.22. The van der Waals surface area contributed by atoms with Crippen LogP contribution in [0.5, 0.6) is 0 Å². The zero-order valence-electron chi connectivity index (χ0n) is 9.71. The molecule has 0 aromatic heterocycles. The molecular formula is C11H12N2O5. The fraction of sp³-hybridized carbons (Fsp3) is 0.273. The second-order valence-corrected chi connectivity index (χ2v) is 3.42. The van der Waals surface area contributed by atoms with Crippen LogP contribution in [0, 0.1) is 10.1 Å². The summed E-state index contributed by atoms with van der Waals surface area (Å²) in [4.78, 5) is 31.7. The largest absolute Gasteiger partial charge is 0.462 e. The number of nitro groups is 1. The molecule has 0 aliphatic heterocycles. The van der Waals surface area contributed by atoms with Crippen LogP contribution in [0.15, 0.2) is 24.3 Å². The average Bonchev–Trinajstić information content (AvgIpc) is 2.38. The van der Waals surface area contributed by atoms with Crippen LogP contribution >= 0.6 is 0 Å². The van der Waals surface area contributed by atoms with Crippen molar-refractivity contribution in [2.24, 2.45) is 0 Å². The molecule has 0 atom stereocenters. The highest BCUT2D eigenvalue weighted by Gasteiger charge is 2.12. The van der Waals surface area contributed by atoms with E-state index in [0.29, 0.717) is 6.42 Å². The molecule has 0 saturated carbocycles. The first-order valence-electron chi connectivity index (χ1n) is 5.14. The van der Waals surface area contributed by atoms with Gasteiger partial charge >= 0.3 is 11.9 Å². The number of carbonyl (C=O) groups is 2. The summed E-state index contributed by atoms with van der Waals surface area (Å²) in [6, 6.07) is 5.97. The zero-order chi connectivity index (χ0) is 13.5. The molecule has 0 aliphatic rings. The van der Waals surface area contributed by atoms with Gasteiger partial charge in [-0.1, -0.05) is 12.1 Å². The van der Waals surface area contributed by atoms with E-state index in [2.05, 4.69) is 10.1 Å². The first-order chi connectivity index (χ1) is 8.54. The van der Waals surface area contributed by atoms with Gasteiger partial charge in [-0.3, -0.25) is 14.9 Å². The number of benzene rings is 1. The monoisotopic (exact) mass is 254 g/mol. The Morgan fingerprint density at radius 1 is 1.33 bits per heavy atom. The minimum Gasteiger partial charge on any atom is -0.462 e. The number of methoxy groups -OCH3 is 1. The molecule has 0 fully saturated rings. The van der Waals surface area contributed by atoms with Crippen molar-refractivity contribution in [3.8, 4) is 0 Å². The fourth-order valence-corrected chi connectivity index (χ4v) is 1.27. The van der Waals surface area contributed by atoms with Gasteiger partial charge in [-0.2, -0.15) is 0 Å². The number of esters is 1. The van der Waals surface area contributed by atoms with Crippen molar-refractivity contribution in [3.63, 3.8) is 0 Å². The molecule has 0 unspecified atom stereocenters. The summed E-state index contributed by atoms with van der Waals surface area (Å²) in [5.74, 6) is -1.75. The summed E-state index contributed by atoms with van der Waals surface area (Å²) >= 11 is 0. The smallest absolute Gasteiger partial charge is 0.396 e. The molecule has 18 heavy (non-hydrogen) atoms. The quantitative estimate of drug-likeness (QED) is 0.276. The van der Waals surface area contributed by atoms with Crippen LogP contribution in [0.4, 0.5) is 5.69 Å². The van der Waals surface area contributed by atoms with Crippen LogP contribution in [0.25, 0.3) is 0 Å². The van der Waals surface area contributed by atoms with E-state index in [0.717, 1.165) is 12.7 Å². The molecule has 7 nitrogen and oxygen atoms in total. The molecule has 1 aromatic carbocycles. The fourth-order valence-electron chi connectivity index (χ4n) is 1.27. The van der Waals surface area contributed by atoms with Gasteiger partial charge in [-0.25, -0.2) is 4.79 Å². The maximum atomic E-state index is 11.0. The first kappa shape index (κ1) is 13.6. The van der Waals surface area contributed by atoms with E-state index in [9.17, 15) is 19.7 Å². The van der Waals surface area contributed by atoms with E-state index >= 15 is 0 Å². The Balaban J connectivity index is 2.42. The van der Waals surface area contributed by atoms with Gasteiger partial charge in [-0.15, -0.1) is 0 Å². The standard InChI is InChI=1S/C11H12N2O5/c1-18-11(15)10(14)12-7-6-8-2-4-9(5-3-8)13(16)17/h2-5H,6-7H2,1H3,(H,12,14)/i10+1,11+1. The Morgan fingerprint density at radius 3 is 2.44 bits per heavy atom. The third-order valence-electron chi connectivity index (χ3n) is 2.22. The molecule has 1 N–H and O–H groups in total. The summed E-state index contributed by atoms with van der Waals surface area (Å²) in [5, 5.41) is 12.8. The molecular weight excluding hydrogens is 242 g/mol. The number of rotatable bonds is 4. The van der Waals surface area contributed by atoms with Crippen LogP contribution in [-0.2, 0) is 20.7 Å². The van der Waals surface area contributed by atoms with Crippen molar-refractivity contribution in [1.29, 1.82) is 0 Å². The zero-order valence-corrected chi connectivity index (χ0v) is 9.71. The molecule has 0 spiro atoms. The molecule has 0 aliphatic carbocycles. The first-order valence-corrected chi connectivity index (χ1v) is 5.14. The summed E-state index contributed by atoms with van der Waals surface area (Å²) in [7, 11) is 1.12. The number of hydrogen-bond acceptors (Lipinski definition) is 5. The van der Waals surface area contributed by atoms with Crippen molar-refractivity contribution in [1.82, 2.24) is 5.32 Å². The minimum absolute atomic E-state index is 0.0114. The van der Waals surface area contributed by atoms with Gasteiger partial charge in [0.05, 0.1) is 12.0 Å². The molecule has 0 bridgehead atoms. The highest BCUT2D eigenvalue weighted by atomic mass is 16.6. The summed E-state index contributed by atoms with van der Waals surface area (Å²) in [6.07, 6.45) is 0.473. The SMILES string of the molecule is CO[13C](=O)[13C](=O)NCCc1ccc([N+](=O)[O-])cc1. The van der Waals surface area contributed by atoms with Crippen molar-refractivity contribution in [2.75, 3.05) is 13.7 Å². The lowest BCUT2D eigenvalue weighted by Crippen LogP contribution is -2.33. The Labute approximate surface area is 103 Å². The molecule has 1 amide bonds. The second kappa shape index (κ2) is 6.33. The second-order valence-electron chi connectivity index (χ2n) is 3.42. The van der Waals surface area contributed by atoms with Gasteiger partial charge in [0.1, 0.15) is 0 Å². The van der Waals surface area contributed by atoms with Gasteiger partial charge in [0.25, 0.3) is 5.69 Å². The lowest BCUT2D eigenvalue weighted by Gasteiger charge is -2.03. The predicted molar refractivity (Wildman–Crippen MR) is 61.8 cm³/mol. The average molecular weight is 254 g/mol.